The topological polar surface area (TPSA) is 219 Å². The number of oxime groups is 1. The van der Waals surface area contributed by atoms with Gasteiger partial charge in [-0.3, -0.25) is 19.3 Å². The third-order valence-electron chi connectivity index (χ3n) is 8.05. The maximum absolute atomic E-state index is 13.8. The lowest BCUT2D eigenvalue weighted by Crippen LogP contribution is -2.71. The normalized spacial score (nSPS) is 23.9. The third-order valence-corrected chi connectivity index (χ3v) is 9.89. The number of thioether (sulfide) groups is 1. The van der Waals surface area contributed by atoms with Gasteiger partial charge in [0.1, 0.15) is 23.7 Å². The second kappa shape index (κ2) is 15.3. The molecule has 258 valence electrons. The van der Waals surface area contributed by atoms with Gasteiger partial charge in [-0.1, -0.05) is 32.0 Å². The molecule has 0 radical (unpaired) electrons. The Morgan fingerprint density at radius 3 is 2.71 bits per heavy atom. The van der Waals surface area contributed by atoms with E-state index in [1.54, 1.807) is 12.2 Å². The van der Waals surface area contributed by atoms with Crippen LogP contribution in [-0.4, -0.2) is 116 Å². The number of ether oxygens (including phenoxy) is 2. The van der Waals surface area contributed by atoms with Crippen molar-refractivity contribution >= 4 is 63.8 Å². The van der Waals surface area contributed by atoms with E-state index in [1.807, 2.05) is 25.7 Å². The molecule has 0 aliphatic carbocycles. The van der Waals surface area contributed by atoms with Gasteiger partial charge in [0, 0.05) is 42.0 Å². The molecule has 18 heteroatoms. The Morgan fingerprint density at radius 1 is 1.27 bits per heavy atom. The summed E-state index contributed by atoms with van der Waals surface area (Å²) in [7, 11) is 0. The highest BCUT2D eigenvalue weighted by atomic mass is 32.2. The number of nitrogens with zero attached hydrogens (tertiary/aromatic N) is 5. The number of aromatic nitrogens is 2. The Hall–Kier alpha value is -4.29. The second-order valence-electron chi connectivity index (χ2n) is 11.9. The quantitative estimate of drug-likeness (QED) is 0.0585. The van der Waals surface area contributed by atoms with Crippen molar-refractivity contribution in [2.75, 3.05) is 44.3 Å². The van der Waals surface area contributed by atoms with Crippen LogP contribution in [0.15, 0.2) is 39.7 Å². The number of nitrogen functional groups attached to an aromatic ring is 1. The molecule has 0 unspecified atom stereocenters. The summed E-state index contributed by atoms with van der Waals surface area (Å²) < 4.78 is 14.8. The standard InChI is InChI=1S/C30H38N8O8S2/c1-4-5-17(28(42)45-12-15(2)3)13-46-29(43)22-18(10-16-7-9-37(25(16)40)19-6-8-32-11-19)14-47-27-21(26(41)38(22)27)33-24(39)20(35-44)23-34-30(31)48-36-23/h5,10,15,19,21,27,32,44H,4,6-9,11-14H2,1-3H3,(H,33,39)(H2,31,34,36)/b16-10+,17-5+,35-20-/t19-,21-,27-/m1/s1. The highest BCUT2D eigenvalue weighted by Gasteiger charge is 2.55. The number of hydrogen-bond acceptors (Lipinski definition) is 15. The zero-order valence-corrected chi connectivity index (χ0v) is 28.4. The average Bonchev–Trinajstić information content (AvgIpc) is 3.83. The predicted octanol–water partition coefficient (Wildman–Crippen LogP) is 0.552. The van der Waals surface area contributed by atoms with Crippen molar-refractivity contribution in [1.29, 1.82) is 0 Å². The van der Waals surface area contributed by atoms with Crippen LogP contribution in [0, 0.1) is 5.92 Å². The highest BCUT2D eigenvalue weighted by Crippen LogP contribution is 2.42. The summed E-state index contributed by atoms with van der Waals surface area (Å²) in [4.78, 5) is 73.3. The van der Waals surface area contributed by atoms with Crippen LogP contribution in [0.4, 0.5) is 5.13 Å². The molecule has 5 heterocycles. The van der Waals surface area contributed by atoms with Gasteiger partial charge in [0.25, 0.3) is 11.8 Å². The maximum Gasteiger partial charge on any atom is 0.355 e. The molecule has 3 saturated heterocycles. The lowest BCUT2D eigenvalue weighted by atomic mass is 10.0. The molecule has 5 rings (SSSR count). The second-order valence-corrected chi connectivity index (χ2v) is 13.8. The number of β-lactam (4-membered cyclic amide) rings is 1. The van der Waals surface area contributed by atoms with E-state index in [0.717, 1.165) is 24.5 Å². The van der Waals surface area contributed by atoms with Gasteiger partial charge in [0.05, 0.1) is 12.2 Å². The van der Waals surface area contributed by atoms with Gasteiger partial charge in [-0.15, -0.1) is 11.8 Å². The van der Waals surface area contributed by atoms with Crippen LogP contribution in [0.1, 0.15) is 45.9 Å². The van der Waals surface area contributed by atoms with E-state index in [-0.39, 0.29) is 52.5 Å². The minimum absolute atomic E-state index is 0.0523. The van der Waals surface area contributed by atoms with Gasteiger partial charge in [-0.05, 0) is 43.4 Å². The Labute approximate surface area is 285 Å². The Bertz CT molecular complexity index is 1600. The lowest BCUT2D eigenvalue weighted by molar-refractivity contribution is -0.152. The van der Waals surface area contributed by atoms with Gasteiger partial charge in [-0.2, -0.15) is 9.36 Å². The number of hydrogen-bond donors (Lipinski definition) is 4. The fourth-order valence-electron chi connectivity index (χ4n) is 5.70. The molecule has 1 aromatic rings. The Balaban J connectivity index is 1.39. The summed E-state index contributed by atoms with van der Waals surface area (Å²) in [6.45, 7) is 7.54. The Kier molecular flexibility index (Phi) is 11.2. The van der Waals surface area contributed by atoms with Crippen molar-refractivity contribution in [1.82, 2.24) is 29.8 Å². The van der Waals surface area contributed by atoms with E-state index in [2.05, 4.69) is 25.1 Å². The van der Waals surface area contributed by atoms with Crippen LogP contribution in [-0.2, 0) is 33.4 Å². The largest absolute Gasteiger partial charge is 0.462 e. The summed E-state index contributed by atoms with van der Waals surface area (Å²) in [6, 6.07) is -0.997. The maximum atomic E-state index is 13.8. The van der Waals surface area contributed by atoms with Crippen LogP contribution in [0.3, 0.4) is 0 Å². The fourth-order valence-corrected chi connectivity index (χ4v) is 7.44. The number of rotatable bonds is 12. The molecule has 5 N–H and O–H groups in total. The molecule has 3 fully saturated rings. The molecular weight excluding hydrogens is 665 g/mol. The number of carbonyl (C=O) groups is 5. The van der Waals surface area contributed by atoms with E-state index < -0.39 is 47.5 Å². The number of allylic oxidation sites excluding steroid dienone is 2. The number of carbonyl (C=O) groups excluding carboxylic acids is 5. The van der Waals surface area contributed by atoms with Gasteiger partial charge >= 0.3 is 11.9 Å². The van der Waals surface area contributed by atoms with Crippen LogP contribution >= 0.6 is 23.3 Å². The van der Waals surface area contributed by atoms with Crippen molar-refractivity contribution in [2.24, 2.45) is 11.1 Å². The molecule has 3 amide bonds. The molecule has 48 heavy (non-hydrogen) atoms. The molecule has 0 saturated carbocycles. The van der Waals surface area contributed by atoms with Crippen molar-refractivity contribution < 1.29 is 38.7 Å². The number of esters is 2. The van der Waals surface area contributed by atoms with E-state index in [0.29, 0.717) is 37.1 Å². The van der Waals surface area contributed by atoms with Gasteiger partial charge in [0.15, 0.2) is 5.13 Å². The fraction of sp³-hybridized carbons (Fsp3) is 0.533. The Morgan fingerprint density at radius 2 is 2.06 bits per heavy atom. The summed E-state index contributed by atoms with van der Waals surface area (Å²) in [5, 5.41) is 17.6. The minimum atomic E-state index is -1.09. The lowest BCUT2D eigenvalue weighted by Gasteiger charge is -2.49. The van der Waals surface area contributed by atoms with E-state index in [1.165, 1.54) is 16.7 Å². The number of amides is 3. The first kappa shape index (κ1) is 35.0. The van der Waals surface area contributed by atoms with Crippen LogP contribution < -0.4 is 16.4 Å². The molecule has 3 atom stereocenters. The first-order chi connectivity index (χ1) is 23.0. The van der Waals surface area contributed by atoms with Crippen LogP contribution in [0.5, 0.6) is 0 Å². The highest BCUT2D eigenvalue weighted by molar-refractivity contribution is 8.00. The summed E-state index contributed by atoms with van der Waals surface area (Å²) in [5.74, 6) is -3.02. The van der Waals surface area contributed by atoms with Crippen molar-refractivity contribution in [2.45, 2.75) is 57.5 Å². The zero-order chi connectivity index (χ0) is 34.5. The number of fused-ring (bicyclic) bond motifs is 1. The van der Waals surface area contributed by atoms with Crippen molar-refractivity contribution in [3.8, 4) is 0 Å². The molecule has 1 aromatic heterocycles. The monoisotopic (exact) mass is 702 g/mol. The van der Waals surface area contributed by atoms with E-state index in [9.17, 15) is 29.2 Å². The number of nitrogens with one attached hydrogen (secondary N) is 2. The molecule has 0 aromatic carbocycles. The van der Waals surface area contributed by atoms with Gasteiger partial charge in [0.2, 0.25) is 17.4 Å². The van der Waals surface area contributed by atoms with E-state index in [4.69, 9.17) is 15.2 Å². The summed E-state index contributed by atoms with van der Waals surface area (Å²) in [5.41, 5.74) is 6.07. The van der Waals surface area contributed by atoms with Crippen LogP contribution in [0.2, 0.25) is 0 Å². The molecular formula is C30H38N8O8S2. The first-order valence-corrected chi connectivity index (χ1v) is 17.4. The zero-order valence-electron chi connectivity index (χ0n) is 26.8. The van der Waals surface area contributed by atoms with E-state index >= 15 is 0 Å². The first-order valence-electron chi connectivity index (χ1n) is 15.6. The molecule has 0 spiro atoms. The average molecular weight is 703 g/mol. The SMILES string of the molecule is CC/C=C(\COC(=O)C1=C(/C=C2\CCN([C@@H]3CCNC3)C2=O)CS[C@@H]2[C@H](NC(=O)/C(=N\O)c3nsc(N)n3)C(=O)N12)C(=O)OCC(C)C. The van der Waals surface area contributed by atoms with Gasteiger partial charge in [-0.25, -0.2) is 9.59 Å². The number of nitrogens with two attached hydrogens (primary N) is 1. The summed E-state index contributed by atoms with van der Waals surface area (Å²) >= 11 is 2.08. The molecule has 4 aliphatic heterocycles. The number of likely N-dealkylation sites (tertiary alicyclic amines) is 1. The van der Waals surface area contributed by atoms with Crippen LogP contribution in [0.25, 0.3) is 0 Å². The van der Waals surface area contributed by atoms with Crippen molar-refractivity contribution in [3.05, 3.63) is 40.4 Å². The molecule has 16 nitrogen and oxygen atoms in total. The molecule has 4 aliphatic rings. The number of anilines is 1. The smallest absolute Gasteiger partial charge is 0.355 e. The minimum Gasteiger partial charge on any atom is -0.462 e. The summed E-state index contributed by atoms with van der Waals surface area (Å²) in [6.07, 6.45) is 5.09. The molecule has 0 bridgehead atoms. The third kappa shape index (κ3) is 7.39. The van der Waals surface area contributed by atoms with Crippen molar-refractivity contribution in [3.63, 3.8) is 0 Å². The predicted molar refractivity (Wildman–Crippen MR) is 176 cm³/mol. The van der Waals surface area contributed by atoms with Gasteiger partial charge < -0.3 is 35.9 Å².